The Morgan fingerprint density at radius 1 is 1.54 bits per heavy atom. The number of nitrogens with zero attached hydrogens (tertiary/aromatic N) is 2. The summed E-state index contributed by atoms with van der Waals surface area (Å²) in [6.45, 7) is 5.56. The van der Waals surface area contributed by atoms with Gasteiger partial charge in [-0.25, -0.2) is 4.39 Å². The molecule has 0 aromatic carbocycles. The Morgan fingerprint density at radius 3 is 3.00 bits per heavy atom. The first-order chi connectivity index (χ1) is 6.20. The molecule has 0 unspecified atom stereocenters. The lowest BCUT2D eigenvalue weighted by Gasteiger charge is -1.93. The van der Waals surface area contributed by atoms with Gasteiger partial charge in [-0.05, 0) is 12.5 Å². The lowest BCUT2D eigenvalue weighted by atomic mass is 10.2. The van der Waals surface area contributed by atoms with Crippen LogP contribution in [0.5, 0.6) is 0 Å². The van der Waals surface area contributed by atoms with Crippen molar-refractivity contribution in [3.8, 4) is 0 Å². The molecular weight excluding hydrogens is 169 g/mol. The molecule has 4 heteroatoms. The van der Waals surface area contributed by atoms with E-state index in [0.717, 1.165) is 11.8 Å². The Hall–Kier alpha value is -1.71. The zero-order valence-corrected chi connectivity index (χ0v) is 7.13. The topological polar surface area (TPSA) is 41.6 Å². The molecule has 1 N–H and O–H groups in total. The molecule has 0 amide bonds. The van der Waals surface area contributed by atoms with Crippen LogP contribution in [0.4, 0.5) is 4.39 Å². The zero-order chi connectivity index (χ0) is 9.42. The normalized spacial score (nSPS) is 10.6. The first-order valence-electron chi connectivity index (χ1n) is 3.83. The first kappa shape index (κ1) is 7.91. The molecule has 66 valence electrons. The molecule has 0 saturated carbocycles. The van der Waals surface area contributed by atoms with Crippen molar-refractivity contribution in [3.05, 3.63) is 30.5 Å². The summed E-state index contributed by atoms with van der Waals surface area (Å²) in [6.07, 6.45) is 2.73. The van der Waals surface area contributed by atoms with Gasteiger partial charge in [-0.1, -0.05) is 6.58 Å². The fourth-order valence-electron chi connectivity index (χ4n) is 1.23. The predicted molar refractivity (Wildman–Crippen MR) is 48.6 cm³/mol. The highest BCUT2D eigenvalue weighted by Crippen LogP contribution is 2.21. The second kappa shape index (κ2) is 2.65. The molecule has 0 saturated heterocycles. The summed E-state index contributed by atoms with van der Waals surface area (Å²) < 4.78 is 13.1. The molecule has 0 aliphatic heterocycles. The van der Waals surface area contributed by atoms with E-state index < -0.39 is 5.82 Å². The van der Waals surface area contributed by atoms with E-state index in [0.29, 0.717) is 16.6 Å². The lowest BCUT2D eigenvalue weighted by molar-refractivity contribution is 0.630. The summed E-state index contributed by atoms with van der Waals surface area (Å²) in [5.74, 6) is -0.391. The third-order valence-electron chi connectivity index (χ3n) is 1.84. The summed E-state index contributed by atoms with van der Waals surface area (Å²) in [5.41, 5.74) is 1.84. The number of pyridine rings is 1. The summed E-state index contributed by atoms with van der Waals surface area (Å²) in [7, 11) is 0. The minimum Gasteiger partial charge on any atom is -0.274 e. The highest BCUT2D eigenvalue weighted by atomic mass is 19.1. The molecular formula is C9H8FN3. The highest BCUT2D eigenvalue weighted by molar-refractivity contribution is 5.88. The maximum absolute atomic E-state index is 13.1. The fraction of sp³-hybridized carbons (Fsp3) is 0.111. The van der Waals surface area contributed by atoms with Crippen molar-refractivity contribution in [3.63, 3.8) is 0 Å². The zero-order valence-electron chi connectivity index (χ0n) is 7.13. The van der Waals surface area contributed by atoms with Crippen LogP contribution in [-0.4, -0.2) is 15.2 Å². The van der Waals surface area contributed by atoms with Crippen molar-refractivity contribution < 1.29 is 4.39 Å². The van der Waals surface area contributed by atoms with Crippen LogP contribution in [0.15, 0.2) is 19.0 Å². The number of aromatic nitrogens is 3. The summed E-state index contributed by atoms with van der Waals surface area (Å²) in [5, 5.41) is 7.24. The molecule has 0 radical (unpaired) electrons. The van der Waals surface area contributed by atoms with Gasteiger partial charge in [0.2, 0.25) is 0 Å². The number of hydrogen-bond acceptors (Lipinski definition) is 2. The molecule has 0 bridgehead atoms. The third-order valence-corrected chi connectivity index (χ3v) is 1.84. The van der Waals surface area contributed by atoms with Crippen LogP contribution >= 0.6 is 0 Å². The van der Waals surface area contributed by atoms with E-state index in [1.165, 1.54) is 0 Å². The number of fused-ring (bicyclic) bond motifs is 1. The van der Waals surface area contributed by atoms with Crippen molar-refractivity contribution in [2.45, 2.75) is 6.92 Å². The molecule has 2 rings (SSSR count). The molecule has 2 heterocycles. The van der Waals surface area contributed by atoms with Gasteiger partial charge in [-0.2, -0.15) is 5.10 Å². The van der Waals surface area contributed by atoms with E-state index in [4.69, 9.17) is 0 Å². The molecule has 0 fully saturated rings. The van der Waals surface area contributed by atoms with E-state index in [1.54, 1.807) is 6.20 Å². The van der Waals surface area contributed by atoms with Crippen LogP contribution in [0.25, 0.3) is 16.5 Å². The number of rotatable bonds is 1. The van der Waals surface area contributed by atoms with Crippen molar-refractivity contribution in [2.75, 3.05) is 0 Å². The molecule has 0 atom stereocenters. The van der Waals surface area contributed by atoms with Crippen LogP contribution in [0, 0.1) is 5.82 Å². The third kappa shape index (κ3) is 1.11. The second-order valence-corrected chi connectivity index (χ2v) is 2.90. The monoisotopic (exact) mass is 177 g/mol. The lowest BCUT2D eigenvalue weighted by Crippen LogP contribution is -1.81. The maximum atomic E-state index is 13.1. The van der Waals surface area contributed by atoms with E-state index in [1.807, 2.05) is 6.92 Å². The van der Waals surface area contributed by atoms with Crippen molar-refractivity contribution in [1.29, 1.82) is 0 Å². The van der Waals surface area contributed by atoms with Gasteiger partial charge in [0, 0.05) is 11.6 Å². The van der Waals surface area contributed by atoms with Crippen molar-refractivity contribution >= 4 is 16.5 Å². The molecule has 13 heavy (non-hydrogen) atoms. The quantitative estimate of drug-likeness (QED) is 0.724. The Kier molecular flexibility index (Phi) is 1.62. The number of H-pyrrole nitrogens is 1. The average Bonchev–Trinajstić information content (AvgIpc) is 2.48. The van der Waals surface area contributed by atoms with Gasteiger partial charge in [0.15, 0.2) is 5.82 Å². The van der Waals surface area contributed by atoms with Crippen LogP contribution in [0.3, 0.4) is 0 Å². The van der Waals surface area contributed by atoms with E-state index in [2.05, 4.69) is 21.8 Å². The molecule has 0 aliphatic carbocycles. The van der Waals surface area contributed by atoms with E-state index in [-0.39, 0.29) is 0 Å². The number of hydrogen-bond donors (Lipinski definition) is 1. The standard InChI is InChI=1S/C9H8FN3/c1-5(2)8-6-3-11-4-7(10)9(6)13-12-8/h3-4H,1H2,2H3,(H,12,13). The largest absolute Gasteiger partial charge is 0.274 e. The van der Waals surface area contributed by atoms with E-state index >= 15 is 0 Å². The minimum absolute atomic E-state index is 0.382. The maximum Gasteiger partial charge on any atom is 0.167 e. The smallest absolute Gasteiger partial charge is 0.167 e. The Bertz CT molecular complexity index is 473. The van der Waals surface area contributed by atoms with Crippen LogP contribution in [0.2, 0.25) is 0 Å². The van der Waals surface area contributed by atoms with Gasteiger partial charge >= 0.3 is 0 Å². The molecule has 2 aromatic heterocycles. The van der Waals surface area contributed by atoms with Crippen molar-refractivity contribution in [1.82, 2.24) is 15.2 Å². The second-order valence-electron chi connectivity index (χ2n) is 2.90. The summed E-state index contributed by atoms with van der Waals surface area (Å²) in [6, 6.07) is 0. The van der Waals surface area contributed by atoms with Crippen LogP contribution in [0.1, 0.15) is 12.6 Å². The van der Waals surface area contributed by atoms with Gasteiger partial charge in [0.25, 0.3) is 0 Å². The Balaban J connectivity index is 2.83. The summed E-state index contributed by atoms with van der Waals surface area (Å²) >= 11 is 0. The molecule has 2 aromatic rings. The SMILES string of the molecule is C=C(C)c1n[nH]c2c(F)cncc12. The Morgan fingerprint density at radius 2 is 2.31 bits per heavy atom. The predicted octanol–water partition coefficient (Wildman–Crippen LogP) is 2.13. The van der Waals surface area contributed by atoms with E-state index in [9.17, 15) is 4.39 Å². The molecule has 0 spiro atoms. The average molecular weight is 177 g/mol. The minimum atomic E-state index is -0.391. The number of nitrogens with one attached hydrogen (secondary N) is 1. The molecule has 0 aliphatic rings. The van der Waals surface area contributed by atoms with Gasteiger partial charge < -0.3 is 0 Å². The van der Waals surface area contributed by atoms with Crippen molar-refractivity contribution in [2.24, 2.45) is 0 Å². The van der Waals surface area contributed by atoms with Gasteiger partial charge in [0.1, 0.15) is 5.52 Å². The van der Waals surface area contributed by atoms with Crippen LogP contribution < -0.4 is 0 Å². The molecule has 3 nitrogen and oxygen atoms in total. The first-order valence-corrected chi connectivity index (χ1v) is 3.83. The van der Waals surface area contributed by atoms with Gasteiger partial charge in [0.05, 0.1) is 11.9 Å². The number of halogens is 1. The fourth-order valence-corrected chi connectivity index (χ4v) is 1.23. The van der Waals surface area contributed by atoms with Gasteiger partial charge in [-0.15, -0.1) is 0 Å². The summed E-state index contributed by atoms with van der Waals surface area (Å²) in [4.78, 5) is 3.75. The van der Waals surface area contributed by atoms with Crippen LogP contribution in [-0.2, 0) is 0 Å². The Labute approximate surface area is 74.3 Å². The highest BCUT2D eigenvalue weighted by Gasteiger charge is 2.09. The number of allylic oxidation sites excluding steroid dienone is 1. The number of aromatic amines is 1. The van der Waals surface area contributed by atoms with Gasteiger partial charge in [-0.3, -0.25) is 10.1 Å².